The van der Waals surface area contributed by atoms with Crippen molar-refractivity contribution in [2.24, 2.45) is 0 Å². The summed E-state index contributed by atoms with van der Waals surface area (Å²) < 4.78 is 32.5. The van der Waals surface area contributed by atoms with Gasteiger partial charge in [-0.1, -0.05) is 142 Å². The second-order valence-corrected chi connectivity index (χ2v) is 13.7. The lowest BCUT2D eigenvalue weighted by molar-refractivity contribution is -0.161. The van der Waals surface area contributed by atoms with Gasteiger partial charge in [0.1, 0.15) is 12.7 Å². The Kier molecular flexibility index (Phi) is 30.8. The number of phosphoric acid groups is 1. The van der Waals surface area contributed by atoms with E-state index in [0.29, 0.717) is 12.8 Å². The molecule has 10 nitrogen and oxygen atoms in total. The number of aliphatic hydroxyl groups excluding tert-OH is 2. The van der Waals surface area contributed by atoms with Crippen LogP contribution in [-0.2, 0) is 32.7 Å². The highest BCUT2D eigenvalue weighted by Gasteiger charge is 2.27. The van der Waals surface area contributed by atoms with Gasteiger partial charge in [0.15, 0.2) is 6.10 Å². The first kappa shape index (κ1) is 44.0. The van der Waals surface area contributed by atoms with Gasteiger partial charge in [0.2, 0.25) is 0 Å². The highest BCUT2D eigenvalue weighted by molar-refractivity contribution is 7.47. The number of carbonyl (C=O) groups is 2. The van der Waals surface area contributed by atoms with Crippen molar-refractivity contribution in [1.29, 1.82) is 0 Å². The van der Waals surface area contributed by atoms with Crippen LogP contribution in [0.25, 0.3) is 0 Å². The fourth-order valence-corrected chi connectivity index (χ4v) is 5.72. The van der Waals surface area contributed by atoms with Crippen molar-refractivity contribution >= 4 is 19.8 Å². The lowest BCUT2D eigenvalue weighted by Crippen LogP contribution is -2.29. The molecule has 3 N–H and O–H groups in total. The van der Waals surface area contributed by atoms with Crippen molar-refractivity contribution < 1.29 is 47.8 Å². The van der Waals surface area contributed by atoms with Gasteiger partial charge >= 0.3 is 19.8 Å². The van der Waals surface area contributed by atoms with Gasteiger partial charge in [-0.05, 0) is 12.8 Å². The Morgan fingerprint density at radius 3 is 1.38 bits per heavy atom. The molecule has 0 aliphatic rings. The molecule has 0 radical (unpaired) electrons. The third kappa shape index (κ3) is 31.3. The molecule has 45 heavy (non-hydrogen) atoms. The molecule has 2 unspecified atom stereocenters. The molecule has 0 heterocycles. The van der Waals surface area contributed by atoms with Gasteiger partial charge in [-0.15, -0.1) is 0 Å². The van der Waals surface area contributed by atoms with Gasteiger partial charge in [-0.3, -0.25) is 18.6 Å². The molecule has 0 aromatic heterocycles. The van der Waals surface area contributed by atoms with E-state index in [1.165, 1.54) is 89.9 Å². The van der Waals surface area contributed by atoms with E-state index in [2.05, 4.69) is 18.4 Å². The van der Waals surface area contributed by atoms with Crippen molar-refractivity contribution in [1.82, 2.24) is 0 Å². The molecule has 0 fully saturated rings. The average Bonchev–Trinajstić information content (AvgIpc) is 3.02. The minimum Gasteiger partial charge on any atom is -0.462 e. The van der Waals surface area contributed by atoms with Gasteiger partial charge in [-0.25, -0.2) is 4.57 Å². The Labute approximate surface area is 273 Å². The monoisotopic (exact) mass is 666 g/mol. The van der Waals surface area contributed by atoms with E-state index >= 15 is 0 Å². The maximum atomic E-state index is 12.5. The maximum absolute atomic E-state index is 12.5. The van der Waals surface area contributed by atoms with Crippen molar-refractivity contribution in [3.8, 4) is 0 Å². The fourth-order valence-electron chi connectivity index (χ4n) is 4.93. The van der Waals surface area contributed by atoms with Crippen LogP contribution < -0.4 is 0 Å². The number of phosphoric ester groups is 1. The zero-order valence-corrected chi connectivity index (χ0v) is 29.5. The number of hydrogen-bond donors (Lipinski definition) is 3. The largest absolute Gasteiger partial charge is 0.472 e. The summed E-state index contributed by atoms with van der Waals surface area (Å²) in [6.45, 7) is 2.35. The second-order valence-electron chi connectivity index (χ2n) is 12.3. The van der Waals surface area contributed by atoms with E-state index in [4.69, 9.17) is 19.1 Å². The average molecular weight is 667 g/mol. The van der Waals surface area contributed by atoms with E-state index in [0.717, 1.165) is 38.5 Å². The summed E-state index contributed by atoms with van der Waals surface area (Å²) in [6.07, 6.45) is 23.7. The minimum absolute atomic E-state index is 0.190. The van der Waals surface area contributed by atoms with Crippen LogP contribution in [0.5, 0.6) is 0 Å². The van der Waals surface area contributed by atoms with Crippen LogP contribution >= 0.6 is 7.82 Å². The number of unbranched alkanes of at least 4 members (excludes halogenated alkanes) is 20. The molecular weight excluding hydrogens is 599 g/mol. The van der Waals surface area contributed by atoms with Crippen molar-refractivity contribution in [3.05, 3.63) is 0 Å². The molecule has 0 aliphatic carbocycles. The van der Waals surface area contributed by atoms with Gasteiger partial charge in [0.05, 0.1) is 19.8 Å². The molecule has 0 saturated carbocycles. The highest BCUT2D eigenvalue weighted by atomic mass is 31.2. The molecular formula is C34H67O10P. The summed E-state index contributed by atoms with van der Waals surface area (Å²) in [4.78, 5) is 34.6. The molecule has 0 amide bonds. The number of ether oxygens (including phenoxy) is 2. The molecule has 11 heteroatoms. The Morgan fingerprint density at radius 1 is 0.578 bits per heavy atom. The van der Waals surface area contributed by atoms with E-state index in [1.54, 1.807) is 0 Å². The number of rotatable bonds is 34. The summed E-state index contributed by atoms with van der Waals surface area (Å²) in [7, 11) is -4.60. The first-order valence-corrected chi connectivity index (χ1v) is 19.5. The van der Waals surface area contributed by atoms with Crippen LogP contribution in [-0.4, -0.2) is 65.7 Å². The molecule has 0 rings (SSSR count). The standard InChI is InChI=1S/C34H67O10P/c1-3-5-7-9-11-13-14-15-16-18-19-21-23-25-33(37)41-29-32(30-43-45(39,40)42-28-31(36)27-35)44-34(38)26-24-22-20-17-12-10-8-6-4-2/h31-32,35-36H,3-30H2,1-2H3,(H,39,40)/t31?,32-/m1/s1. The third-order valence-electron chi connectivity index (χ3n) is 7.76. The Morgan fingerprint density at radius 2 is 0.956 bits per heavy atom. The molecule has 0 bridgehead atoms. The zero-order valence-electron chi connectivity index (χ0n) is 28.6. The van der Waals surface area contributed by atoms with Gasteiger partial charge in [0, 0.05) is 12.8 Å². The molecule has 0 aromatic rings. The smallest absolute Gasteiger partial charge is 0.462 e. The van der Waals surface area contributed by atoms with Gasteiger partial charge < -0.3 is 24.6 Å². The predicted molar refractivity (Wildman–Crippen MR) is 178 cm³/mol. The number of aliphatic hydroxyl groups is 2. The Balaban J connectivity index is 4.35. The van der Waals surface area contributed by atoms with Crippen LogP contribution in [0.15, 0.2) is 0 Å². The third-order valence-corrected chi connectivity index (χ3v) is 8.71. The van der Waals surface area contributed by atoms with Crippen molar-refractivity contribution in [2.45, 2.75) is 180 Å². The molecule has 0 aromatic carbocycles. The maximum Gasteiger partial charge on any atom is 0.472 e. The van der Waals surface area contributed by atoms with Crippen LogP contribution in [0, 0.1) is 0 Å². The molecule has 0 saturated heterocycles. The van der Waals surface area contributed by atoms with Crippen LogP contribution in [0.3, 0.4) is 0 Å². The molecule has 0 spiro atoms. The quantitative estimate of drug-likeness (QED) is 0.0348. The van der Waals surface area contributed by atoms with Gasteiger partial charge in [0.25, 0.3) is 0 Å². The number of carbonyl (C=O) groups excluding carboxylic acids is 2. The van der Waals surface area contributed by atoms with Crippen molar-refractivity contribution in [3.63, 3.8) is 0 Å². The van der Waals surface area contributed by atoms with E-state index in [1.807, 2.05) is 0 Å². The zero-order chi connectivity index (χ0) is 33.4. The Bertz CT molecular complexity index is 736. The summed E-state index contributed by atoms with van der Waals surface area (Å²) >= 11 is 0. The van der Waals surface area contributed by atoms with E-state index in [9.17, 15) is 24.2 Å². The highest BCUT2D eigenvalue weighted by Crippen LogP contribution is 2.43. The Hall–Kier alpha value is -1.03. The van der Waals surface area contributed by atoms with E-state index in [-0.39, 0.29) is 19.4 Å². The minimum atomic E-state index is -4.60. The van der Waals surface area contributed by atoms with E-state index < -0.39 is 51.8 Å². The van der Waals surface area contributed by atoms with Crippen LogP contribution in [0.4, 0.5) is 0 Å². The molecule has 268 valence electrons. The first-order chi connectivity index (χ1) is 21.7. The number of esters is 2. The number of hydrogen-bond acceptors (Lipinski definition) is 9. The van der Waals surface area contributed by atoms with Gasteiger partial charge in [-0.2, -0.15) is 0 Å². The predicted octanol–water partition coefficient (Wildman–Crippen LogP) is 8.33. The second kappa shape index (κ2) is 31.6. The lowest BCUT2D eigenvalue weighted by Gasteiger charge is -2.20. The SMILES string of the molecule is CCCCCCCCCCCCCCCC(=O)OC[C@H](COP(=O)(O)OCC(O)CO)OC(=O)CCCCCCCCCCC. The van der Waals surface area contributed by atoms with Crippen molar-refractivity contribution in [2.75, 3.05) is 26.4 Å². The summed E-state index contributed by atoms with van der Waals surface area (Å²) in [6, 6.07) is 0. The fraction of sp³-hybridized carbons (Fsp3) is 0.941. The lowest BCUT2D eigenvalue weighted by atomic mass is 10.0. The summed E-state index contributed by atoms with van der Waals surface area (Å²) in [5, 5.41) is 18.2. The van der Waals surface area contributed by atoms with Crippen LogP contribution in [0.2, 0.25) is 0 Å². The summed E-state index contributed by atoms with van der Waals surface area (Å²) in [5.74, 6) is -0.920. The van der Waals surface area contributed by atoms with Crippen LogP contribution in [0.1, 0.15) is 168 Å². The first-order valence-electron chi connectivity index (χ1n) is 18.0. The topological polar surface area (TPSA) is 149 Å². The normalized spacial score (nSPS) is 14.2. The summed E-state index contributed by atoms with van der Waals surface area (Å²) in [5.41, 5.74) is 0. The molecule has 0 aliphatic heterocycles. The molecule has 3 atom stereocenters.